The lowest BCUT2D eigenvalue weighted by Gasteiger charge is -2.19. The Balaban J connectivity index is 0.00000232. The summed E-state index contributed by atoms with van der Waals surface area (Å²) in [6, 6.07) is 10.6. The molecule has 0 saturated heterocycles. The SMILES string of the molecule is CC.CC.CC(NC(=O)CNC(=O)c1ccccc1)C(=O)NC(CC(=O)O)C(=O)Cn1nnc(Sc2c(Cl)cccc2Cl)n1. The molecule has 0 radical (unpaired) electrons. The van der Waals surface area contributed by atoms with E-state index in [1.807, 2.05) is 27.7 Å². The molecule has 3 rings (SSSR count). The van der Waals surface area contributed by atoms with Crippen LogP contribution in [0.4, 0.5) is 0 Å². The summed E-state index contributed by atoms with van der Waals surface area (Å²) < 4.78 is 0. The van der Waals surface area contributed by atoms with Crippen molar-refractivity contribution in [3.63, 3.8) is 0 Å². The average molecular weight is 669 g/mol. The number of tetrazole rings is 1. The van der Waals surface area contributed by atoms with Gasteiger partial charge in [0.15, 0.2) is 5.78 Å². The van der Waals surface area contributed by atoms with E-state index in [-0.39, 0.29) is 5.16 Å². The number of aromatic nitrogens is 4. The molecule has 2 unspecified atom stereocenters. The number of nitrogens with zero attached hydrogens (tertiary/aromatic N) is 4. The maximum atomic E-state index is 12.8. The first-order chi connectivity index (χ1) is 21.0. The van der Waals surface area contributed by atoms with E-state index in [0.717, 1.165) is 16.6 Å². The molecule has 44 heavy (non-hydrogen) atoms. The minimum absolute atomic E-state index is 0.136. The van der Waals surface area contributed by atoms with Crippen LogP contribution in [0.2, 0.25) is 10.0 Å². The van der Waals surface area contributed by atoms with E-state index in [0.29, 0.717) is 20.5 Å². The van der Waals surface area contributed by atoms with Crippen molar-refractivity contribution in [1.29, 1.82) is 0 Å². The molecule has 0 aliphatic heterocycles. The highest BCUT2D eigenvalue weighted by atomic mass is 35.5. The molecule has 2 atom stereocenters. The molecule has 4 N–H and O–H groups in total. The van der Waals surface area contributed by atoms with Crippen molar-refractivity contribution >= 4 is 64.4 Å². The number of carbonyl (C=O) groups excluding carboxylic acids is 4. The summed E-state index contributed by atoms with van der Waals surface area (Å²) in [5.74, 6) is -4.00. The quantitative estimate of drug-likeness (QED) is 0.210. The summed E-state index contributed by atoms with van der Waals surface area (Å²) >= 11 is 13.3. The number of carboxylic acids is 1. The minimum Gasteiger partial charge on any atom is -0.481 e. The Morgan fingerprint density at radius 1 is 0.932 bits per heavy atom. The maximum Gasteiger partial charge on any atom is 0.305 e. The summed E-state index contributed by atoms with van der Waals surface area (Å²) in [4.78, 5) is 62.5. The van der Waals surface area contributed by atoms with Gasteiger partial charge < -0.3 is 21.1 Å². The molecule has 0 bridgehead atoms. The summed E-state index contributed by atoms with van der Waals surface area (Å²) in [5.41, 5.74) is 0.358. The van der Waals surface area contributed by atoms with Gasteiger partial charge in [-0.25, -0.2) is 0 Å². The first-order valence-corrected chi connectivity index (χ1v) is 15.2. The fourth-order valence-corrected chi connectivity index (χ4v) is 4.54. The van der Waals surface area contributed by atoms with E-state index in [1.54, 1.807) is 48.5 Å². The topological polar surface area (TPSA) is 185 Å². The zero-order chi connectivity index (χ0) is 33.2. The number of aliphatic carboxylic acids is 1. The second-order valence-corrected chi connectivity index (χ2v) is 10.0. The molecule has 13 nitrogen and oxygen atoms in total. The first-order valence-electron chi connectivity index (χ1n) is 13.6. The van der Waals surface area contributed by atoms with Crippen molar-refractivity contribution in [3.05, 3.63) is 64.1 Å². The van der Waals surface area contributed by atoms with E-state index in [2.05, 4.69) is 31.4 Å². The van der Waals surface area contributed by atoms with Crippen LogP contribution in [0.5, 0.6) is 0 Å². The number of hydrogen-bond acceptors (Lipinski definition) is 9. The smallest absolute Gasteiger partial charge is 0.305 e. The van der Waals surface area contributed by atoms with Crippen LogP contribution >= 0.6 is 35.0 Å². The third-order valence-electron chi connectivity index (χ3n) is 5.14. The molecule has 16 heteroatoms. The van der Waals surface area contributed by atoms with Crippen LogP contribution < -0.4 is 16.0 Å². The molecule has 0 fully saturated rings. The van der Waals surface area contributed by atoms with Crippen LogP contribution in [0, 0.1) is 0 Å². The van der Waals surface area contributed by atoms with Gasteiger partial charge in [0.05, 0.1) is 27.9 Å². The lowest BCUT2D eigenvalue weighted by molar-refractivity contribution is -0.140. The molecule has 3 aromatic rings. The highest BCUT2D eigenvalue weighted by Crippen LogP contribution is 2.36. The lowest BCUT2D eigenvalue weighted by atomic mass is 10.1. The van der Waals surface area contributed by atoms with Gasteiger partial charge in [-0.05, 0) is 48.2 Å². The van der Waals surface area contributed by atoms with Crippen molar-refractivity contribution in [2.75, 3.05) is 6.54 Å². The molecule has 0 spiro atoms. The second-order valence-electron chi connectivity index (χ2n) is 8.22. The normalized spacial score (nSPS) is 11.3. The number of carboxylic acid groups (broad SMARTS) is 1. The van der Waals surface area contributed by atoms with Gasteiger partial charge >= 0.3 is 5.97 Å². The third-order valence-corrected chi connectivity index (χ3v) is 6.99. The highest BCUT2D eigenvalue weighted by Gasteiger charge is 2.27. The fraction of sp³-hybridized carbons (Fsp3) is 0.357. The van der Waals surface area contributed by atoms with Crippen molar-refractivity contribution in [2.24, 2.45) is 0 Å². The summed E-state index contributed by atoms with van der Waals surface area (Å²) in [5, 5.41) is 28.9. The number of Topliss-reactive ketones (excluding diaryl/α,β-unsaturated/α-hetero) is 1. The standard InChI is InChI=1S/C24H23Cl2N7O6S.2C2H6/c1-13(28-19(35)11-27-23(39)14-6-3-2-4-7-14)22(38)29-17(10-20(36)37)18(34)12-33-31-24(30-32-33)40-21-15(25)8-5-9-16(21)26;2*1-2/h2-9,13,17H,10-12H2,1H3,(H,27,39)(H,28,35)(H,29,38)(H,36,37);2*1-2H3. The van der Waals surface area contributed by atoms with E-state index in [1.165, 1.54) is 6.92 Å². The van der Waals surface area contributed by atoms with Crippen LogP contribution in [0.3, 0.4) is 0 Å². The van der Waals surface area contributed by atoms with E-state index in [4.69, 9.17) is 23.2 Å². The van der Waals surface area contributed by atoms with Crippen LogP contribution in [0.1, 0.15) is 51.4 Å². The van der Waals surface area contributed by atoms with Crippen molar-refractivity contribution in [3.8, 4) is 0 Å². The Morgan fingerprint density at radius 2 is 1.55 bits per heavy atom. The number of amides is 3. The van der Waals surface area contributed by atoms with Gasteiger partial charge in [0.2, 0.25) is 17.0 Å². The predicted octanol–water partition coefficient (Wildman–Crippen LogP) is 3.65. The summed E-state index contributed by atoms with van der Waals surface area (Å²) in [7, 11) is 0. The highest BCUT2D eigenvalue weighted by molar-refractivity contribution is 7.99. The average Bonchev–Trinajstić information content (AvgIpc) is 3.46. The second kappa shape index (κ2) is 20.0. The largest absolute Gasteiger partial charge is 0.481 e. The summed E-state index contributed by atoms with van der Waals surface area (Å²) in [6.07, 6.45) is -0.718. The molecule has 2 aromatic carbocycles. The molecule has 1 heterocycles. The van der Waals surface area contributed by atoms with Gasteiger partial charge in [0.1, 0.15) is 18.6 Å². The third kappa shape index (κ3) is 12.7. The monoisotopic (exact) mass is 667 g/mol. The van der Waals surface area contributed by atoms with Crippen molar-refractivity contribution in [1.82, 2.24) is 36.2 Å². The Bertz CT molecular complexity index is 1390. The molecular formula is C28H35Cl2N7O6S. The number of benzene rings is 2. The van der Waals surface area contributed by atoms with Crippen molar-refractivity contribution < 1.29 is 29.1 Å². The number of nitrogens with one attached hydrogen (secondary N) is 3. The molecular weight excluding hydrogens is 633 g/mol. The van der Waals surface area contributed by atoms with Crippen LogP contribution in [-0.4, -0.2) is 73.4 Å². The predicted molar refractivity (Wildman–Crippen MR) is 167 cm³/mol. The van der Waals surface area contributed by atoms with Gasteiger partial charge in [0, 0.05) is 5.56 Å². The van der Waals surface area contributed by atoms with E-state index in [9.17, 15) is 29.1 Å². The molecule has 0 aliphatic carbocycles. The van der Waals surface area contributed by atoms with Crippen LogP contribution in [0.15, 0.2) is 58.6 Å². The Morgan fingerprint density at radius 3 is 2.14 bits per heavy atom. The van der Waals surface area contributed by atoms with Crippen LogP contribution in [0.25, 0.3) is 0 Å². The fourth-order valence-electron chi connectivity index (χ4n) is 3.18. The van der Waals surface area contributed by atoms with Gasteiger partial charge in [-0.1, -0.05) is 75.2 Å². The molecule has 3 amide bonds. The lowest BCUT2D eigenvalue weighted by Crippen LogP contribution is -2.52. The minimum atomic E-state index is -1.44. The van der Waals surface area contributed by atoms with Gasteiger partial charge in [-0.15, -0.1) is 10.2 Å². The van der Waals surface area contributed by atoms with Gasteiger partial charge in [-0.3, -0.25) is 24.0 Å². The van der Waals surface area contributed by atoms with E-state index >= 15 is 0 Å². The zero-order valence-electron chi connectivity index (χ0n) is 24.8. The Labute approximate surface area is 269 Å². The Kier molecular flexibility index (Phi) is 17.3. The van der Waals surface area contributed by atoms with Crippen molar-refractivity contribution in [2.45, 2.75) is 69.7 Å². The zero-order valence-corrected chi connectivity index (χ0v) is 27.2. The van der Waals surface area contributed by atoms with Gasteiger partial charge in [0.25, 0.3) is 5.91 Å². The summed E-state index contributed by atoms with van der Waals surface area (Å²) in [6.45, 7) is 8.45. The number of halogens is 2. The van der Waals surface area contributed by atoms with Gasteiger partial charge in [-0.2, -0.15) is 4.80 Å². The number of hydrogen-bond donors (Lipinski definition) is 4. The Hall–Kier alpha value is -4.01. The van der Waals surface area contributed by atoms with Crippen LogP contribution in [-0.2, 0) is 25.7 Å². The first kappa shape index (κ1) is 38.0. The number of carbonyl (C=O) groups is 5. The molecule has 238 valence electrons. The number of rotatable bonds is 13. The molecule has 1 aromatic heterocycles. The van der Waals surface area contributed by atoms with E-state index < -0.39 is 61.1 Å². The maximum absolute atomic E-state index is 12.8. The number of ketones is 1. The molecule has 0 aliphatic rings. The molecule has 0 saturated carbocycles.